The molecule has 0 atom stereocenters. The van der Waals surface area contributed by atoms with Crippen LogP contribution in [0, 0.1) is 4.77 Å². The lowest BCUT2D eigenvalue weighted by Crippen LogP contribution is -2.30. The van der Waals surface area contributed by atoms with Gasteiger partial charge in [0.25, 0.3) is 0 Å². The lowest BCUT2D eigenvalue weighted by atomic mass is 10.5. The first kappa shape index (κ1) is 15.3. The number of ether oxygens (including phenoxy) is 1. The summed E-state index contributed by atoms with van der Waals surface area (Å²) in [6.07, 6.45) is 0. The van der Waals surface area contributed by atoms with E-state index in [9.17, 15) is 0 Å². The Balaban J connectivity index is 2.67. The van der Waals surface area contributed by atoms with Crippen LogP contribution in [-0.2, 0) is 25.1 Å². The second-order valence-corrected chi connectivity index (χ2v) is 4.33. The Hall–Kier alpha value is -0.760. The summed E-state index contributed by atoms with van der Waals surface area (Å²) < 4.78 is 9.42. The van der Waals surface area contributed by atoms with E-state index in [1.54, 1.807) is 9.25 Å². The minimum atomic E-state index is -0.0990. The van der Waals surface area contributed by atoms with Gasteiger partial charge in [-0.15, -0.1) is 0 Å². The van der Waals surface area contributed by atoms with Crippen molar-refractivity contribution in [1.82, 2.24) is 19.2 Å². The Morgan fingerprint density at radius 2 is 2.17 bits per heavy atom. The average Bonchev–Trinajstić information content (AvgIpc) is 2.65. The first-order valence-corrected chi connectivity index (χ1v) is 6.58. The van der Waals surface area contributed by atoms with E-state index in [-0.39, 0.29) is 6.61 Å². The summed E-state index contributed by atoms with van der Waals surface area (Å²) in [5.74, 6) is 0.584. The van der Waals surface area contributed by atoms with Gasteiger partial charge in [0.15, 0.2) is 10.6 Å². The predicted molar refractivity (Wildman–Crippen MR) is 71.7 cm³/mol. The van der Waals surface area contributed by atoms with Gasteiger partial charge in [0.1, 0.15) is 6.61 Å². The molecule has 0 fully saturated rings. The Morgan fingerprint density at radius 3 is 2.67 bits per heavy atom. The standard InChI is InChI=1S/C11H22N4O2S/c1-4-14(6-7-17-5-2)9-15-11(18)13(3)10(8-16)12-15/h16H,4-9H2,1-3H3. The van der Waals surface area contributed by atoms with Crippen molar-refractivity contribution in [1.29, 1.82) is 0 Å². The zero-order valence-corrected chi connectivity index (χ0v) is 12.1. The zero-order valence-electron chi connectivity index (χ0n) is 11.3. The third-order valence-electron chi connectivity index (χ3n) is 2.81. The van der Waals surface area contributed by atoms with Crippen LogP contribution >= 0.6 is 12.2 Å². The Bertz CT molecular complexity index is 416. The van der Waals surface area contributed by atoms with Gasteiger partial charge in [-0.05, 0) is 25.7 Å². The summed E-state index contributed by atoms with van der Waals surface area (Å²) in [5.41, 5.74) is 0. The van der Waals surface area contributed by atoms with Gasteiger partial charge in [0, 0.05) is 20.2 Å². The molecule has 0 amide bonds. The maximum Gasteiger partial charge on any atom is 0.198 e. The van der Waals surface area contributed by atoms with Crippen LogP contribution in [0.3, 0.4) is 0 Å². The monoisotopic (exact) mass is 274 g/mol. The number of aromatic nitrogens is 3. The third kappa shape index (κ3) is 3.88. The smallest absolute Gasteiger partial charge is 0.198 e. The number of rotatable bonds is 8. The van der Waals surface area contributed by atoms with E-state index in [0.29, 0.717) is 23.9 Å². The molecule has 0 unspecified atom stereocenters. The third-order valence-corrected chi connectivity index (χ3v) is 3.29. The molecule has 1 aromatic heterocycles. The van der Waals surface area contributed by atoms with E-state index in [2.05, 4.69) is 16.9 Å². The van der Waals surface area contributed by atoms with Crippen molar-refractivity contribution in [2.75, 3.05) is 26.3 Å². The molecule has 0 aliphatic heterocycles. The van der Waals surface area contributed by atoms with Crippen LogP contribution in [0.4, 0.5) is 0 Å². The molecule has 0 bridgehead atoms. The summed E-state index contributed by atoms with van der Waals surface area (Å²) in [5, 5.41) is 13.4. The average molecular weight is 274 g/mol. The summed E-state index contributed by atoms with van der Waals surface area (Å²) in [6, 6.07) is 0. The van der Waals surface area contributed by atoms with Crippen LogP contribution in [-0.4, -0.2) is 50.7 Å². The number of hydrogen-bond donors (Lipinski definition) is 1. The lowest BCUT2D eigenvalue weighted by Gasteiger charge is -2.19. The van der Waals surface area contributed by atoms with E-state index >= 15 is 0 Å². The fourth-order valence-electron chi connectivity index (χ4n) is 1.62. The molecule has 1 aromatic rings. The molecule has 0 saturated carbocycles. The van der Waals surface area contributed by atoms with Gasteiger partial charge in [-0.2, -0.15) is 5.10 Å². The highest BCUT2D eigenvalue weighted by atomic mass is 32.1. The van der Waals surface area contributed by atoms with Gasteiger partial charge in [-0.1, -0.05) is 6.92 Å². The normalized spacial score (nSPS) is 11.4. The van der Waals surface area contributed by atoms with Gasteiger partial charge in [0.05, 0.1) is 13.3 Å². The summed E-state index contributed by atoms with van der Waals surface area (Å²) >= 11 is 5.28. The summed E-state index contributed by atoms with van der Waals surface area (Å²) in [7, 11) is 1.81. The molecule has 1 heterocycles. The van der Waals surface area contributed by atoms with Crippen molar-refractivity contribution in [3.63, 3.8) is 0 Å². The molecule has 0 saturated heterocycles. The fraction of sp³-hybridized carbons (Fsp3) is 0.818. The first-order valence-electron chi connectivity index (χ1n) is 6.17. The number of nitrogens with zero attached hydrogens (tertiary/aromatic N) is 4. The minimum Gasteiger partial charge on any atom is -0.388 e. The highest BCUT2D eigenvalue weighted by Gasteiger charge is 2.09. The molecule has 0 radical (unpaired) electrons. The van der Waals surface area contributed by atoms with Crippen molar-refractivity contribution >= 4 is 12.2 Å². The Labute approximate surface area is 113 Å². The maximum atomic E-state index is 9.14. The fourth-order valence-corrected chi connectivity index (χ4v) is 1.82. The van der Waals surface area contributed by atoms with E-state index in [1.807, 2.05) is 14.0 Å². The molecule has 1 rings (SSSR count). The van der Waals surface area contributed by atoms with E-state index in [1.165, 1.54) is 0 Å². The summed E-state index contributed by atoms with van der Waals surface area (Å²) in [4.78, 5) is 2.19. The number of aliphatic hydroxyl groups excluding tert-OH is 1. The quantitative estimate of drug-likeness (QED) is 0.560. The van der Waals surface area contributed by atoms with E-state index in [0.717, 1.165) is 19.7 Å². The number of likely N-dealkylation sites (N-methyl/N-ethyl adjacent to an activating group) is 1. The van der Waals surface area contributed by atoms with Crippen LogP contribution in [0.25, 0.3) is 0 Å². The van der Waals surface area contributed by atoms with Gasteiger partial charge in [-0.25, -0.2) is 4.68 Å². The zero-order chi connectivity index (χ0) is 13.5. The van der Waals surface area contributed by atoms with Crippen LogP contribution in [0.5, 0.6) is 0 Å². The molecule has 0 aromatic carbocycles. The molecule has 18 heavy (non-hydrogen) atoms. The molecular weight excluding hydrogens is 252 g/mol. The highest BCUT2D eigenvalue weighted by Crippen LogP contribution is 2.01. The minimum absolute atomic E-state index is 0.0990. The lowest BCUT2D eigenvalue weighted by molar-refractivity contribution is 0.100. The van der Waals surface area contributed by atoms with E-state index in [4.69, 9.17) is 22.1 Å². The van der Waals surface area contributed by atoms with Crippen molar-refractivity contribution in [2.45, 2.75) is 27.1 Å². The van der Waals surface area contributed by atoms with Crippen LogP contribution in [0.2, 0.25) is 0 Å². The predicted octanol–water partition coefficient (Wildman–Crippen LogP) is 0.759. The molecular formula is C11H22N4O2S. The molecule has 6 nitrogen and oxygen atoms in total. The SMILES string of the molecule is CCOCCN(CC)Cn1nc(CO)n(C)c1=S. The number of hydrogen-bond acceptors (Lipinski definition) is 5. The molecule has 104 valence electrons. The second kappa shape index (κ2) is 7.63. The molecule has 0 spiro atoms. The number of aliphatic hydroxyl groups is 1. The van der Waals surface area contributed by atoms with Crippen molar-refractivity contribution in [3.8, 4) is 0 Å². The second-order valence-electron chi connectivity index (χ2n) is 3.96. The first-order chi connectivity index (χ1) is 8.63. The highest BCUT2D eigenvalue weighted by molar-refractivity contribution is 7.71. The van der Waals surface area contributed by atoms with Crippen LogP contribution in [0.15, 0.2) is 0 Å². The summed E-state index contributed by atoms with van der Waals surface area (Å²) in [6.45, 7) is 7.78. The largest absolute Gasteiger partial charge is 0.388 e. The molecule has 1 N–H and O–H groups in total. The van der Waals surface area contributed by atoms with Crippen LogP contribution < -0.4 is 0 Å². The van der Waals surface area contributed by atoms with Crippen molar-refractivity contribution < 1.29 is 9.84 Å². The van der Waals surface area contributed by atoms with Gasteiger partial charge in [-0.3, -0.25) is 4.90 Å². The molecule has 7 heteroatoms. The Morgan fingerprint density at radius 1 is 1.44 bits per heavy atom. The van der Waals surface area contributed by atoms with Crippen molar-refractivity contribution in [2.24, 2.45) is 7.05 Å². The van der Waals surface area contributed by atoms with E-state index < -0.39 is 0 Å². The Kier molecular flexibility index (Phi) is 6.48. The van der Waals surface area contributed by atoms with Crippen molar-refractivity contribution in [3.05, 3.63) is 10.6 Å². The topological polar surface area (TPSA) is 55.4 Å². The van der Waals surface area contributed by atoms with Crippen LogP contribution in [0.1, 0.15) is 19.7 Å². The van der Waals surface area contributed by atoms with Gasteiger partial charge < -0.3 is 14.4 Å². The molecule has 0 aliphatic carbocycles. The maximum absolute atomic E-state index is 9.14. The van der Waals surface area contributed by atoms with Gasteiger partial charge in [0.2, 0.25) is 0 Å². The molecule has 0 aliphatic rings. The van der Waals surface area contributed by atoms with Gasteiger partial charge >= 0.3 is 0 Å².